The highest BCUT2D eigenvalue weighted by atomic mass is 16.5. The minimum absolute atomic E-state index is 0.133. The molecule has 0 bridgehead atoms. The number of fused-ring (bicyclic) bond motifs is 1. The van der Waals surface area contributed by atoms with Gasteiger partial charge in [-0.1, -0.05) is 31.2 Å². The molecule has 138 valence electrons. The summed E-state index contributed by atoms with van der Waals surface area (Å²) < 4.78 is 10.7. The third-order valence-electron chi connectivity index (χ3n) is 4.90. The summed E-state index contributed by atoms with van der Waals surface area (Å²) in [5.74, 6) is 0.397. The van der Waals surface area contributed by atoms with Crippen molar-refractivity contribution in [2.24, 2.45) is 0 Å². The standard InChI is InChI=1S/C21H25NO4/c1-4-18(21(24)25-3)22-9-10-26-20-16(13-22)11-15(12-19(20)23)17-8-6-5-7-14(17)2/h5-8,11-12,18,23H,4,9-10,13H2,1-3H3/t18-/m0/s1. The van der Waals surface area contributed by atoms with Crippen LogP contribution in [0.25, 0.3) is 11.1 Å². The van der Waals surface area contributed by atoms with Crippen LogP contribution in [0, 0.1) is 6.92 Å². The lowest BCUT2D eigenvalue weighted by Crippen LogP contribution is -2.42. The van der Waals surface area contributed by atoms with Crippen LogP contribution in [0.4, 0.5) is 0 Å². The molecule has 0 amide bonds. The Morgan fingerprint density at radius 2 is 2.12 bits per heavy atom. The maximum atomic E-state index is 12.1. The zero-order valence-electron chi connectivity index (χ0n) is 15.5. The topological polar surface area (TPSA) is 59.0 Å². The quantitative estimate of drug-likeness (QED) is 0.851. The van der Waals surface area contributed by atoms with Gasteiger partial charge in [-0.15, -0.1) is 0 Å². The van der Waals surface area contributed by atoms with Crippen molar-refractivity contribution < 1.29 is 19.4 Å². The number of carbonyl (C=O) groups is 1. The Labute approximate surface area is 154 Å². The summed E-state index contributed by atoms with van der Waals surface area (Å²) in [5, 5.41) is 10.5. The molecule has 0 fully saturated rings. The number of aryl methyl sites for hydroxylation is 1. The first-order valence-corrected chi connectivity index (χ1v) is 8.91. The number of rotatable bonds is 4. The van der Waals surface area contributed by atoms with E-state index in [4.69, 9.17) is 9.47 Å². The van der Waals surface area contributed by atoms with Crippen LogP contribution in [-0.4, -0.2) is 42.3 Å². The number of methoxy groups -OCH3 is 1. The van der Waals surface area contributed by atoms with Gasteiger partial charge in [-0.2, -0.15) is 0 Å². The molecule has 1 N–H and O–H groups in total. The third kappa shape index (κ3) is 3.53. The van der Waals surface area contributed by atoms with E-state index < -0.39 is 0 Å². The average Bonchev–Trinajstić information content (AvgIpc) is 2.85. The molecular formula is C21H25NO4. The number of aromatic hydroxyl groups is 1. The average molecular weight is 355 g/mol. The molecule has 1 aliphatic rings. The molecule has 0 spiro atoms. The summed E-state index contributed by atoms with van der Waals surface area (Å²) in [4.78, 5) is 14.2. The second kappa shape index (κ2) is 7.79. The molecule has 1 heterocycles. The fraction of sp³-hybridized carbons (Fsp3) is 0.381. The van der Waals surface area contributed by atoms with Crippen molar-refractivity contribution >= 4 is 5.97 Å². The van der Waals surface area contributed by atoms with Crippen molar-refractivity contribution in [3.05, 3.63) is 47.5 Å². The third-order valence-corrected chi connectivity index (χ3v) is 4.90. The molecule has 3 rings (SSSR count). The zero-order valence-corrected chi connectivity index (χ0v) is 15.5. The summed E-state index contributed by atoms with van der Waals surface area (Å²) in [6, 6.07) is 11.5. The Kier molecular flexibility index (Phi) is 5.47. The Hall–Kier alpha value is -2.53. The van der Waals surface area contributed by atoms with Gasteiger partial charge in [-0.3, -0.25) is 9.69 Å². The first-order valence-electron chi connectivity index (χ1n) is 8.91. The van der Waals surface area contributed by atoms with Gasteiger partial charge >= 0.3 is 5.97 Å². The highest BCUT2D eigenvalue weighted by Crippen LogP contribution is 2.38. The van der Waals surface area contributed by atoms with Gasteiger partial charge in [0.25, 0.3) is 0 Å². The van der Waals surface area contributed by atoms with E-state index in [1.807, 2.05) is 44.2 Å². The highest BCUT2D eigenvalue weighted by molar-refractivity contribution is 5.76. The first-order chi connectivity index (χ1) is 12.5. The fourth-order valence-electron chi connectivity index (χ4n) is 3.55. The molecular weight excluding hydrogens is 330 g/mol. The van der Waals surface area contributed by atoms with E-state index in [-0.39, 0.29) is 17.8 Å². The summed E-state index contributed by atoms with van der Waals surface area (Å²) in [7, 11) is 1.41. The number of hydrogen-bond donors (Lipinski definition) is 1. The van der Waals surface area contributed by atoms with Gasteiger partial charge in [-0.05, 0) is 42.2 Å². The van der Waals surface area contributed by atoms with Gasteiger partial charge in [0, 0.05) is 18.7 Å². The normalized spacial score (nSPS) is 15.5. The van der Waals surface area contributed by atoms with E-state index in [0.29, 0.717) is 31.9 Å². The van der Waals surface area contributed by atoms with Gasteiger partial charge < -0.3 is 14.6 Å². The number of benzene rings is 2. The molecule has 26 heavy (non-hydrogen) atoms. The molecule has 5 nitrogen and oxygen atoms in total. The lowest BCUT2D eigenvalue weighted by molar-refractivity contribution is -0.147. The van der Waals surface area contributed by atoms with E-state index in [1.54, 1.807) is 6.07 Å². The Morgan fingerprint density at radius 3 is 2.81 bits per heavy atom. The number of hydrogen-bond acceptors (Lipinski definition) is 5. The van der Waals surface area contributed by atoms with Gasteiger partial charge in [0.2, 0.25) is 0 Å². The molecule has 0 unspecified atom stereocenters. The number of carbonyl (C=O) groups excluding carboxylic acids is 1. The van der Waals surface area contributed by atoms with Crippen LogP contribution < -0.4 is 4.74 Å². The lowest BCUT2D eigenvalue weighted by Gasteiger charge is -2.27. The Bertz CT molecular complexity index is 803. The first kappa shape index (κ1) is 18.3. The summed E-state index contributed by atoms with van der Waals surface area (Å²) in [6.07, 6.45) is 0.658. The molecule has 1 atom stereocenters. The van der Waals surface area contributed by atoms with Crippen molar-refractivity contribution in [2.75, 3.05) is 20.3 Å². The second-order valence-corrected chi connectivity index (χ2v) is 6.56. The fourth-order valence-corrected chi connectivity index (χ4v) is 3.55. The maximum absolute atomic E-state index is 12.1. The largest absolute Gasteiger partial charge is 0.504 e. The predicted molar refractivity (Wildman–Crippen MR) is 100 cm³/mol. The number of ether oxygens (including phenoxy) is 2. The van der Waals surface area contributed by atoms with Crippen LogP contribution in [0.2, 0.25) is 0 Å². The van der Waals surface area contributed by atoms with Gasteiger partial charge in [0.1, 0.15) is 12.6 Å². The van der Waals surface area contributed by atoms with Crippen LogP contribution in [0.15, 0.2) is 36.4 Å². The summed E-state index contributed by atoms with van der Waals surface area (Å²) >= 11 is 0. The minimum atomic E-state index is -0.321. The number of nitrogens with zero attached hydrogens (tertiary/aromatic N) is 1. The Balaban J connectivity index is 2.00. The maximum Gasteiger partial charge on any atom is 0.323 e. The number of phenols is 1. The van der Waals surface area contributed by atoms with Crippen LogP contribution >= 0.6 is 0 Å². The smallest absolute Gasteiger partial charge is 0.323 e. The van der Waals surface area contributed by atoms with E-state index in [2.05, 4.69) is 4.90 Å². The Morgan fingerprint density at radius 1 is 1.35 bits per heavy atom. The molecule has 0 radical (unpaired) electrons. The predicted octanol–water partition coefficient (Wildman–Crippen LogP) is 3.51. The van der Waals surface area contributed by atoms with Crippen LogP contribution in [0.1, 0.15) is 24.5 Å². The number of esters is 1. The SMILES string of the molecule is CC[C@@H](C(=O)OC)N1CCOc2c(O)cc(-c3ccccc3C)cc2C1. The van der Waals surface area contributed by atoms with E-state index in [1.165, 1.54) is 7.11 Å². The molecule has 0 saturated heterocycles. The van der Waals surface area contributed by atoms with Crippen LogP contribution in [0.3, 0.4) is 0 Å². The van der Waals surface area contributed by atoms with E-state index in [0.717, 1.165) is 22.3 Å². The van der Waals surface area contributed by atoms with Gasteiger partial charge in [0.05, 0.1) is 7.11 Å². The molecule has 2 aromatic rings. The second-order valence-electron chi connectivity index (χ2n) is 6.56. The molecule has 0 aromatic heterocycles. The van der Waals surface area contributed by atoms with Crippen molar-refractivity contribution in [1.82, 2.24) is 4.90 Å². The van der Waals surface area contributed by atoms with Crippen molar-refractivity contribution in [3.63, 3.8) is 0 Å². The minimum Gasteiger partial charge on any atom is -0.504 e. The molecule has 0 saturated carbocycles. The summed E-state index contributed by atoms with van der Waals surface area (Å²) in [5.41, 5.74) is 4.03. The molecule has 0 aliphatic carbocycles. The van der Waals surface area contributed by atoms with Gasteiger partial charge in [-0.25, -0.2) is 0 Å². The van der Waals surface area contributed by atoms with E-state index >= 15 is 0 Å². The molecule has 5 heteroatoms. The van der Waals surface area contributed by atoms with Crippen LogP contribution in [-0.2, 0) is 16.1 Å². The monoisotopic (exact) mass is 355 g/mol. The summed E-state index contributed by atoms with van der Waals surface area (Å²) in [6.45, 7) is 5.55. The molecule has 2 aromatic carbocycles. The van der Waals surface area contributed by atoms with Crippen molar-refractivity contribution in [1.29, 1.82) is 0 Å². The van der Waals surface area contributed by atoms with E-state index in [9.17, 15) is 9.90 Å². The zero-order chi connectivity index (χ0) is 18.7. The number of phenolic OH excluding ortho intramolecular Hbond substituents is 1. The van der Waals surface area contributed by atoms with Crippen molar-refractivity contribution in [3.8, 4) is 22.6 Å². The van der Waals surface area contributed by atoms with Crippen molar-refractivity contribution in [2.45, 2.75) is 32.9 Å². The molecule has 1 aliphatic heterocycles. The highest BCUT2D eigenvalue weighted by Gasteiger charge is 2.29. The lowest BCUT2D eigenvalue weighted by atomic mass is 9.97. The van der Waals surface area contributed by atoms with Gasteiger partial charge in [0.15, 0.2) is 11.5 Å². The van der Waals surface area contributed by atoms with Crippen LogP contribution in [0.5, 0.6) is 11.5 Å².